The standard InChI is InChI=1S/C31H30N4O7S/c1-2-7-28(36)42-19-43-27-10-4-3-9-21(27)30(38)33-12-13-35-17-23(31(39)34-16-20-8-5-6-11-32-20)29(37)22-14-25-26(15-24(22)35)41-18-40-25/h3-6,8-11,14-15,17H,2,7,12-13,16,18-19H2,1H3,(H,33,38)(H,34,39). The Morgan fingerprint density at radius 3 is 2.56 bits per heavy atom. The van der Waals surface area contributed by atoms with E-state index in [2.05, 4.69) is 15.6 Å². The Labute approximate surface area is 251 Å². The minimum atomic E-state index is -0.543. The normalized spacial score (nSPS) is 11.7. The lowest BCUT2D eigenvalue weighted by Gasteiger charge is -2.15. The van der Waals surface area contributed by atoms with Gasteiger partial charge in [0, 0.05) is 42.9 Å². The van der Waals surface area contributed by atoms with E-state index < -0.39 is 11.3 Å². The van der Waals surface area contributed by atoms with Gasteiger partial charge in [-0.05, 0) is 36.8 Å². The van der Waals surface area contributed by atoms with Gasteiger partial charge in [0.2, 0.25) is 12.2 Å². The maximum absolute atomic E-state index is 13.4. The number of hydrogen-bond acceptors (Lipinski definition) is 9. The zero-order valence-electron chi connectivity index (χ0n) is 23.5. The average Bonchev–Trinajstić information content (AvgIpc) is 3.49. The fourth-order valence-corrected chi connectivity index (χ4v) is 5.30. The van der Waals surface area contributed by atoms with E-state index in [1.54, 1.807) is 53.2 Å². The van der Waals surface area contributed by atoms with Gasteiger partial charge in [-0.15, -0.1) is 0 Å². The van der Waals surface area contributed by atoms with Gasteiger partial charge >= 0.3 is 5.97 Å². The number of ether oxygens (including phenoxy) is 3. The van der Waals surface area contributed by atoms with Crippen molar-refractivity contribution in [3.8, 4) is 11.5 Å². The molecular weight excluding hydrogens is 572 g/mol. The Morgan fingerprint density at radius 2 is 1.77 bits per heavy atom. The molecule has 0 aliphatic carbocycles. The lowest BCUT2D eigenvalue weighted by molar-refractivity contribution is -0.141. The number of thioether (sulfide) groups is 1. The van der Waals surface area contributed by atoms with Gasteiger partial charge in [-0.25, -0.2) is 0 Å². The summed E-state index contributed by atoms with van der Waals surface area (Å²) in [5, 5.41) is 5.96. The van der Waals surface area contributed by atoms with Gasteiger partial charge < -0.3 is 29.4 Å². The number of nitrogens with zero attached hydrogens (tertiary/aromatic N) is 2. The Hall–Kier alpha value is -4.84. The van der Waals surface area contributed by atoms with Crippen molar-refractivity contribution < 1.29 is 28.6 Å². The minimum absolute atomic E-state index is 0.0303. The van der Waals surface area contributed by atoms with E-state index in [4.69, 9.17) is 14.2 Å². The molecule has 12 heteroatoms. The lowest BCUT2D eigenvalue weighted by Crippen LogP contribution is -2.31. The summed E-state index contributed by atoms with van der Waals surface area (Å²) in [6.07, 6.45) is 4.16. The van der Waals surface area contributed by atoms with Crippen LogP contribution < -0.4 is 25.5 Å². The second kappa shape index (κ2) is 13.9. The molecule has 0 unspecified atom stereocenters. The molecule has 2 aromatic heterocycles. The Balaban J connectivity index is 1.33. The summed E-state index contributed by atoms with van der Waals surface area (Å²) in [4.78, 5) is 56.2. The van der Waals surface area contributed by atoms with Gasteiger partial charge in [0.25, 0.3) is 11.8 Å². The zero-order chi connectivity index (χ0) is 30.2. The molecule has 0 atom stereocenters. The molecule has 2 amide bonds. The summed E-state index contributed by atoms with van der Waals surface area (Å²) in [6.45, 7) is 2.54. The summed E-state index contributed by atoms with van der Waals surface area (Å²) >= 11 is 1.26. The van der Waals surface area contributed by atoms with Crippen molar-refractivity contribution in [3.63, 3.8) is 0 Å². The molecule has 0 bridgehead atoms. The zero-order valence-corrected chi connectivity index (χ0v) is 24.3. The average molecular weight is 603 g/mol. The number of benzene rings is 2. The number of nitrogens with one attached hydrogen (secondary N) is 2. The number of fused-ring (bicyclic) bond motifs is 2. The van der Waals surface area contributed by atoms with Crippen LogP contribution in [0.4, 0.5) is 0 Å². The summed E-state index contributed by atoms with van der Waals surface area (Å²) in [5.41, 5.74) is 1.14. The van der Waals surface area contributed by atoms with Crippen molar-refractivity contribution in [1.29, 1.82) is 0 Å². The SMILES string of the molecule is CCCC(=O)OCSc1ccccc1C(=O)NCCn1cc(C(=O)NCc2ccccn2)c(=O)c2cc3c(cc21)OCO3. The molecule has 0 radical (unpaired) electrons. The Kier molecular flexibility index (Phi) is 9.57. The number of aromatic nitrogens is 2. The van der Waals surface area contributed by atoms with Gasteiger partial charge in [0.15, 0.2) is 11.5 Å². The van der Waals surface area contributed by atoms with Crippen molar-refractivity contribution in [3.05, 3.63) is 94.0 Å². The Morgan fingerprint density at radius 1 is 1.00 bits per heavy atom. The first-order valence-corrected chi connectivity index (χ1v) is 14.7. The van der Waals surface area contributed by atoms with Crippen molar-refractivity contribution in [2.75, 3.05) is 19.3 Å². The molecule has 11 nitrogen and oxygen atoms in total. The van der Waals surface area contributed by atoms with E-state index in [1.165, 1.54) is 18.0 Å². The molecule has 1 aliphatic heterocycles. The minimum Gasteiger partial charge on any atom is -0.454 e. The fourth-order valence-electron chi connectivity index (χ4n) is 4.50. The third kappa shape index (κ3) is 7.15. The van der Waals surface area contributed by atoms with Crippen molar-refractivity contribution in [1.82, 2.24) is 20.2 Å². The number of amides is 2. The second-order valence-electron chi connectivity index (χ2n) is 9.57. The molecule has 0 spiro atoms. The van der Waals surface area contributed by atoms with Crippen molar-refractivity contribution >= 4 is 40.4 Å². The van der Waals surface area contributed by atoms with Crippen LogP contribution in [0.2, 0.25) is 0 Å². The summed E-state index contributed by atoms with van der Waals surface area (Å²) in [6, 6.07) is 15.7. The summed E-state index contributed by atoms with van der Waals surface area (Å²) in [7, 11) is 0. The van der Waals surface area contributed by atoms with E-state index in [-0.39, 0.29) is 49.8 Å². The smallest absolute Gasteiger partial charge is 0.306 e. The topological polar surface area (TPSA) is 138 Å². The van der Waals surface area contributed by atoms with E-state index in [0.717, 1.165) is 0 Å². The largest absolute Gasteiger partial charge is 0.454 e. The third-order valence-electron chi connectivity index (χ3n) is 6.63. The van der Waals surface area contributed by atoms with Crippen LogP contribution in [-0.2, 0) is 22.6 Å². The summed E-state index contributed by atoms with van der Waals surface area (Å²) < 4.78 is 17.9. The highest BCUT2D eigenvalue weighted by Gasteiger charge is 2.21. The highest BCUT2D eigenvalue weighted by molar-refractivity contribution is 7.99. The maximum atomic E-state index is 13.4. The molecule has 0 saturated heterocycles. The predicted molar refractivity (Wildman–Crippen MR) is 160 cm³/mol. The third-order valence-corrected chi connectivity index (χ3v) is 7.54. The molecule has 0 fully saturated rings. The Bertz CT molecular complexity index is 1710. The van der Waals surface area contributed by atoms with E-state index in [0.29, 0.717) is 51.4 Å². The number of pyridine rings is 2. The number of carbonyl (C=O) groups excluding carboxylic acids is 3. The highest BCUT2D eigenvalue weighted by Crippen LogP contribution is 2.35. The van der Waals surface area contributed by atoms with Crippen LogP contribution in [0.15, 0.2) is 76.7 Å². The molecule has 222 valence electrons. The van der Waals surface area contributed by atoms with Crippen molar-refractivity contribution in [2.45, 2.75) is 37.8 Å². The van der Waals surface area contributed by atoms with Crippen LogP contribution in [0.1, 0.15) is 46.2 Å². The molecule has 5 rings (SSSR count). The first-order chi connectivity index (χ1) is 20.9. The van der Waals surface area contributed by atoms with Gasteiger partial charge in [0.1, 0.15) is 11.5 Å². The number of rotatable bonds is 12. The first-order valence-electron chi connectivity index (χ1n) is 13.7. The van der Waals surface area contributed by atoms with Crippen LogP contribution >= 0.6 is 11.8 Å². The first kappa shape index (κ1) is 29.6. The molecular formula is C31H30N4O7S. The quantitative estimate of drug-likeness (QED) is 0.141. The van der Waals surface area contributed by atoms with Crippen LogP contribution in [0.25, 0.3) is 10.9 Å². The van der Waals surface area contributed by atoms with Gasteiger partial charge in [-0.2, -0.15) is 0 Å². The van der Waals surface area contributed by atoms with Gasteiger partial charge in [-0.3, -0.25) is 24.2 Å². The molecule has 2 N–H and O–H groups in total. The van der Waals surface area contributed by atoms with Gasteiger partial charge in [-0.1, -0.05) is 36.9 Å². The second-order valence-corrected chi connectivity index (χ2v) is 10.5. The number of hydrogen-bond donors (Lipinski definition) is 2. The lowest BCUT2D eigenvalue weighted by atomic mass is 10.1. The monoisotopic (exact) mass is 602 g/mol. The van der Waals surface area contributed by atoms with E-state index in [9.17, 15) is 19.2 Å². The van der Waals surface area contributed by atoms with Crippen LogP contribution in [-0.4, -0.2) is 46.6 Å². The van der Waals surface area contributed by atoms with Gasteiger partial charge in [0.05, 0.1) is 28.7 Å². The number of carbonyl (C=O) groups is 3. The number of esters is 1. The van der Waals surface area contributed by atoms with Crippen LogP contribution in [0.3, 0.4) is 0 Å². The predicted octanol–water partition coefficient (Wildman–Crippen LogP) is 3.88. The highest BCUT2D eigenvalue weighted by atomic mass is 32.2. The molecule has 0 saturated carbocycles. The van der Waals surface area contributed by atoms with Crippen LogP contribution in [0, 0.1) is 0 Å². The molecule has 43 heavy (non-hydrogen) atoms. The van der Waals surface area contributed by atoms with E-state index in [1.807, 2.05) is 19.1 Å². The molecule has 4 aromatic rings. The summed E-state index contributed by atoms with van der Waals surface area (Å²) in [5.74, 6) is -0.114. The van der Waals surface area contributed by atoms with E-state index >= 15 is 0 Å². The molecule has 1 aliphatic rings. The van der Waals surface area contributed by atoms with Crippen molar-refractivity contribution in [2.24, 2.45) is 0 Å². The maximum Gasteiger partial charge on any atom is 0.306 e. The molecule has 2 aromatic carbocycles. The fraction of sp³-hybridized carbons (Fsp3) is 0.258. The molecule has 3 heterocycles. The van der Waals surface area contributed by atoms with Crippen LogP contribution in [0.5, 0.6) is 11.5 Å².